The molecule has 0 amide bonds. The van der Waals surface area contributed by atoms with E-state index in [0.717, 1.165) is 18.0 Å². The van der Waals surface area contributed by atoms with Crippen LogP contribution in [-0.4, -0.2) is 12.1 Å². The van der Waals surface area contributed by atoms with Crippen molar-refractivity contribution in [3.05, 3.63) is 0 Å². The molecule has 2 aliphatic rings. The van der Waals surface area contributed by atoms with E-state index >= 15 is 0 Å². The summed E-state index contributed by atoms with van der Waals surface area (Å²) in [4.78, 5) is 0. The zero-order valence-electron chi connectivity index (χ0n) is 8.18. The fourth-order valence-corrected chi connectivity index (χ4v) is 2.24. The largest absolute Gasteiger partial charge is 0.311 e. The molecule has 0 aromatic carbocycles. The maximum atomic E-state index is 3.75. The van der Waals surface area contributed by atoms with Crippen LogP contribution in [0.15, 0.2) is 0 Å². The van der Waals surface area contributed by atoms with Crippen molar-refractivity contribution in [1.82, 2.24) is 5.32 Å². The Balaban J connectivity index is 1.73. The molecule has 12 heavy (non-hydrogen) atoms. The van der Waals surface area contributed by atoms with Crippen molar-refractivity contribution < 1.29 is 0 Å². The minimum atomic E-state index is 0.863. The van der Waals surface area contributed by atoms with E-state index < -0.39 is 0 Å². The summed E-state index contributed by atoms with van der Waals surface area (Å²) in [5, 5.41) is 3.75. The van der Waals surface area contributed by atoms with Gasteiger partial charge in [0.25, 0.3) is 0 Å². The van der Waals surface area contributed by atoms with Crippen LogP contribution in [0.5, 0.6) is 0 Å². The van der Waals surface area contributed by atoms with E-state index in [1.807, 2.05) is 0 Å². The van der Waals surface area contributed by atoms with Crippen molar-refractivity contribution in [3.63, 3.8) is 0 Å². The third-order valence-corrected chi connectivity index (χ3v) is 3.31. The van der Waals surface area contributed by atoms with E-state index in [-0.39, 0.29) is 0 Å². The van der Waals surface area contributed by atoms with Crippen LogP contribution >= 0.6 is 0 Å². The van der Waals surface area contributed by atoms with Crippen LogP contribution in [0.1, 0.15) is 51.9 Å². The lowest BCUT2D eigenvalue weighted by molar-refractivity contribution is 0.446. The van der Waals surface area contributed by atoms with E-state index in [1.165, 1.54) is 44.9 Å². The Kier molecular flexibility index (Phi) is 2.69. The number of hydrogen-bond acceptors (Lipinski definition) is 1. The minimum Gasteiger partial charge on any atom is -0.311 e. The highest BCUT2D eigenvalue weighted by atomic mass is 15.0. The summed E-state index contributed by atoms with van der Waals surface area (Å²) in [5.74, 6) is 0.982. The van der Waals surface area contributed by atoms with Crippen LogP contribution in [0.25, 0.3) is 0 Å². The van der Waals surface area contributed by atoms with Crippen molar-refractivity contribution in [3.8, 4) is 0 Å². The lowest BCUT2D eigenvalue weighted by Gasteiger charge is -2.15. The standard InChI is InChI=1S/C11H21N/c1-9-3-2-4-10(6-5-9)12-11-7-8-11/h9-12H,2-8H2,1H3. The molecule has 0 saturated heterocycles. The van der Waals surface area contributed by atoms with Gasteiger partial charge < -0.3 is 5.32 Å². The van der Waals surface area contributed by atoms with E-state index in [9.17, 15) is 0 Å². The van der Waals surface area contributed by atoms with Crippen molar-refractivity contribution >= 4 is 0 Å². The number of hydrogen-bond donors (Lipinski definition) is 1. The molecule has 1 N–H and O–H groups in total. The van der Waals surface area contributed by atoms with Crippen molar-refractivity contribution in [1.29, 1.82) is 0 Å². The molecule has 70 valence electrons. The van der Waals surface area contributed by atoms with E-state index in [1.54, 1.807) is 0 Å². The smallest absolute Gasteiger partial charge is 0.00708 e. The first-order valence-electron chi connectivity index (χ1n) is 5.60. The Morgan fingerprint density at radius 3 is 2.25 bits per heavy atom. The predicted octanol–water partition coefficient (Wildman–Crippen LogP) is 2.71. The van der Waals surface area contributed by atoms with Gasteiger partial charge in [-0.2, -0.15) is 0 Å². The summed E-state index contributed by atoms with van der Waals surface area (Å²) in [6.45, 7) is 2.40. The Morgan fingerprint density at radius 1 is 0.833 bits per heavy atom. The molecule has 2 saturated carbocycles. The van der Waals surface area contributed by atoms with E-state index in [2.05, 4.69) is 12.2 Å². The van der Waals surface area contributed by atoms with Crippen LogP contribution in [0.3, 0.4) is 0 Å². The SMILES string of the molecule is CC1CCCC(NC2CC2)CC1. The Labute approximate surface area is 75.9 Å². The third-order valence-electron chi connectivity index (χ3n) is 3.31. The molecule has 2 aliphatic carbocycles. The van der Waals surface area contributed by atoms with Gasteiger partial charge in [0.2, 0.25) is 0 Å². The molecule has 1 nitrogen and oxygen atoms in total. The second-order valence-electron chi connectivity index (χ2n) is 4.75. The fraction of sp³-hybridized carbons (Fsp3) is 1.00. The summed E-state index contributed by atoms with van der Waals surface area (Å²) in [6, 6.07) is 1.77. The predicted molar refractivity (Wildman–Crippen MR) is 52.2 cm³/mol. The van der Waals surface area contributed by atoms with Gasteiger partial charge >= 0.3 is 0 Å². The average Bonchev–Trinajstić information content (AvgIpc) is 2.83. The van der Waals surface area contributed by atoms with Crippen LogP contribution in [-0.2, 0) is 0 Å². The van der Waals surface area contributed by atoms with E-state index in [4.69, 9.17) is 0 Å². The molecule has 0 spiro atoms. The van der Waals surface area contributed by atoms with Crippen molar-refractivity contribution in [2.75, 3.05) is 0 Å². The number of rotatable bonds is 2. The molecule has 0 aromatic heterocycles. The van der Waals surface area contributed by atoms with Gasteiger partial charge in [0.15, 0.2) is 0 Å². The van der Waals surface area contributed by atoms with Gasteiger partial charge in [0, 0.05) is 12.1 Å². The Hall–Kier alpha value is -0.0400. The lowest BCUT2D eigenvalue weighted by Crippen LogP contribution is -2.30. The molecule has 2 rings (SSSR count). The van der Waals surface area contributed by atoms with Gasteiger partial charge in [-0.3, -0.25) is 0 Å². The van der Waals surface area contributed by atoms with Gasteiger partial charge in [-0.1, -0.05) is 19.8 Å². The monoisotopic (exact) mass is 167 g/mol. The molecule has 2 fully saturated rings. The van der Waals surface area contributed by atoms with Gasteiger partial charge in [0.05, 0.1) is 0 Å². The molecular formula is C11H21N. The summed E-state index contributed by atoms with van der Waals surface area (Å²) < 4.78 is 0. The first-order chi connectivity index (χ1) is 5.84. The highest BCUT2D eigenvalue weighted by molar-refractivity contribution is 4.85. The maximum absolute atomic E-state index is 3.75. The lowest BCUT2D eigenvalue weighted by atomic mass is 10.0. The van der Waals surface area contributed by atoms with Crippen LogP contribution in [0.4, 0.5) is 0 Å². The summed E-state index contributed by atoms with van der Waals surface area (Å²) >= 11 is 0. The van der Waals surface area contributed by atoms with Gasteiger partial charge in [-0.25, -0.2) is 0 Å². The first-order valence-corrected chi connectivity index (χ1v) is 5.60. The minimum absolute atomic E-state index is 0.863. The zero-order valence-corrected chi connectivity index (χ0v) is 8.18. The highest BCUT2D eigenvalue weighted by Crippen LogP contribution is 2.26. The van der Waals surface area contributed by atoms with Crippen molar-refractivity contribution in [2.45, 2.75) is 64.0 Å². The molecule has 0 radical (unpaired) electrons. The number of nitrogens with one attached hydrogen (secondary N) is 1. The fourth-order valence-electron chi connectivity index (χ4n) is 2.24. The Bertz CT molecular complexity index is 140. The summed E-state index contributed by atoms with van der Waals surface area (Å²) in [5.41, 5.74) is 0. The topological polar surface area (TPSA) is 12.0 Å². The normalized spacial score (nSPS) is 37.8. The summed E-state index contributed by atoms with van der Waals surface area (Å²) in [6.07, 6.45) is 10.1. The molecular weight excluding hydrogens is 146 g/mol. The van der Waals surface area contributed by atoms with Gasteiger partial charge in [-0.05, 0) is 38.0 Å². The van der Waals surface area contributed by atoms with Gasteiger partial charge in [0.1, 0.15) is 0 Å². The zero-order chi connectivity index (χ0) is 8.39. The van der Waals surface area contributed by atoms with E-state index in [0.29, 0.717) is 0 Å². The molecule has 0 aromatic rings. The third kappa shape index (κ3) is 2.48. The summed E-state index contributed by atoms with van der Waals surface area (Å²) in [7, 11) is 0. The van der Waals surface area contributed by atoms with Crippen molar-refractivity contribution in [2.24, 2.45) is 5.92 Å². The van der Waals surface area contributed by atoms with Crippen LogP contribution in [0, 0.1) is 5.92 Å². The molecule has 0 heterocycles. The molecule has 2 atom stereocenters. The Morgan fingerprint density at radius 2 is 1.50 bits per heavy atom. The second kappa shape index (κ2) is 3.78. The highest BCUT2D eigenvalue weighted by Gasteiger charge is 2.25. The van der Waals surface area contributed by atoms with Crippen LogP contribution < -0.4 is 5.32 Å². The quantitative estimate of drug-likeness (QED) is 0.623. The van der Waals surface area contributed by atoms with Gasteiger partial charge in [-0.15, -0.1) is 0 Å². The second-order valence-corrected chi connectivity index (χ2v) is 4.75. The maximum Gasteiger partial charge on any atom is 0.00708 e. The first kappa shape index (κ1) is 8.55. The molecule has 0 bridgehead atoms. The molecule has 1 heteroatoms. The average molecular weight is 167 g/mol. The molecule has 2 unspecified atom stereocenters. The van der Waals surface area contributed by atoms with Crippen LogP contribution in [0.2, 0.25) is 0 Å². The molecule has 0 aliphatic heterocycles.